The van der Waals surface area contributed by atoms with Crippen LogP contribution in [-0.2, 0) is 15.3 Å². The Balaban J connectivity index is 1.90. The van der Waals surface area contributed by atoms with Crippen LogP contribution in [0.5, 0.6) is 0 Å². The van der Waals surface area contributed by atoms with Crippen molar-refractivity contribution in [1.29, 1.82) is 0 Å². The largest absolute Gasteiger partial charge is 0.332 e. The fourth-order valence-electron chi connectivity index (χ4n) is 7.14. The van der Waals surface area contributed by atoms with Gasteiger partial charge in [0, 0.05) is 28.1 Å². The molecule has 9 atom stereocenters. The summed E-state index contributed by atoms with van der Waals surface area (Å²) in [6.45, 7) is 22.5. The van der Waals surface area contributed by atoms with Gasteiger partial charge in [-0.3, -0.25) is 4.57 Å². The molecule has 37 heavy (non-hydrogen) atoms. The lowest BCUT2D eigenvalue weighted by atomic mass is 9.63. The second-order valence-corrected chi connectivity index (χ2v) is 15.2. The van der Waals surface area contributed by atoms with Crippen LogP contribution in [0.15, 0.2) is 24.3 Å². The molecular formula is C31H55N2O3P. The molecule has 0 aliphatic carbocycles. The van der Waals surface area contributed by atoms with Gasteiger partial charge < -0.3 is 20.1 Å². The Morgan fingerprint density at radius 3 is 1.92 bits per heavy atom. The van der Waals surface area contributed by atoms with Crippen LogP contribution >= 0.6 is 7.60 Å². The second kappa shape index (κ2) is 11.0. The topological polar surface area (TPSA) is 70.6 Å². The third kappa shape index (κ3) is 6.38. The molecule has 9 unspecified atom stereocenters. The molecular weight excluding hydrogens is 479 g/mol. The second-order valence-electron chi connectivity index (χ2n) is 13.4. The monoisotopic (exact) mass is 534 g/mol. The van der Waals surface area contributed by atoms with Crippen LogP contribution in [0.4, 0.5) is 0 Å². The number of nitrogens with one attached hydrogen (secondary N) is 2. The van der Waals surface area contributed by atoms with Crippen LogP contribution in [0.3, 0.4) is 0 Å². The van der Waals surface area contributed by atoms with Crippen molar-refractivity contribution in [3.8, 4) is 0 Å². The van der Waals surface area contributed by atoms with Gasteiger partial charge in [0.2, 0.25) is 0 Å². The summed E-state index contributed by atoms with van der Waals surface area (Å²) in [5, 5.41) is 7.82. The molecule has 212 valence electrons. The third-order valence-electron chi connectivity index (χ3n) is 10.8. The zero-order valence-electron chi connectivity index (χ0n) is 25.3. The number of rotatable bonds is 9. The number of benzene rings is 1. The molecule has 2 fully saturated rings. The Labute approximate surface area is 227 Å². The smallest absolute Gasteiger partial charge is 0.324 e. The maximum atomic E-state index is 13.8. The van der Waals surface area contributed by atoms with E-state index in [4.69, 9.17) is 4.52 Å². The lowest BCUT2D eigenvalue weighted by Gasteiger charge is -2.54. The highest BCUT2D eigenvalue weighted by molar-refractivity contribution is 7.52. The minimum atomic E-state index is -3.87. The molecule has 5 nitrogen and oxygen atoms in total. The highest BCUT2D eigenvalue weighted by atomic mass is 31.2. The van der Waals surface area contributed by atoms with Gasteiger partial charge in [0.1, 0.15) is 0 Å². The van der Waals surface area contributed by atoms with E-state index in [2.05, 4.69) is 92.0 Å². The molecule has 2 aliphatic rings. The van der Waals surface area contributed by atoms with E-state index in [0.29, 0.717) is 11.8 Å². The molecule has 2 heterocycles. The maximum Gasteiger partial charge on any atom is 0.332 e. The van der Waals surface area contributed by atoms with E-state index in [0.717, 1.165) is 44.1 Å². The summed E-state index contributed by atoms with van der Waals surface area (Å²) in [6.07, 6.45) is 5.55. The van der Waals surface area contributed by atoms with Gasteiger partial charge in [-0.15, -0.1) is 0 Å². The fourth-order valence-corrected chi connectivity index (χ4v) is 8.62. The van der Waals surface area contributed by atoms with Crippen molar-refractivity contribution >= 4 is 7.60 Å². The third-order valence-corrected chi connectivity index (χ3v) is 12.2. The summed E-state index contributed by atoms with van der Waals surface area (Å²) in [5.74, 6) is 0.849. The quantitative estimate of drug-likeness (QED) is 0.282. The van der Waals surface area contributed by atoms with E-state index in [1.165, 1.54) is 5.56 Å². The maximum absolute atomic E-state index is 13.8. The van der Waals surface area contributed by atoms with Crippen LogP contribution in [0.25, 0.3) is 0 Å². The highest BCUT2D eigenvalue weighted by Gasteiger charge is 2.49. The van der Waals surface area contributed by atoms with Gasteiger partial charge in [-0.1, -0.05) is 65.8 Å². The van der Waals surface area contributed by atoms with E-state index in [9.17, 15) is 9.46 Å². The van der Waals surface area contributed by atoms with Crippen LogP contribution in [-0.4, -0.2) is 33.2 Å². The van der Waals surface area contributed by atoms with Crippen molar-refractivity contribution in [2.24, 2.45) is 11.8 Å². The summed E-state index contributed by atoms with van der Waals surface area (Å²) in [4.78, 5) is 11.3. The molecule has 2 aliphatic heterocycles. The van der Waals surface area contributed by atoms with Crippen molar-refractivity contribution in [2.75, 3.05) is 0 Å². The van der Waals surface area contributed by atoms with E-state index in [1.807, 2.05) is 12.1 Å². The summed E-state index contributed by atoms with van der Waals surface area (Å²) in [6, 6.07) is 8.31. The predicted octanol–water partition coefficient (Wildman–Crippen LogP) is 7.77. The number of piperidine rings is 2. The zero-order chi connectivity index (χ0) is 27.9. The Hall–Kier alpha value is -0.710. The Morgan fingerprint density at radius 1 is 0.865 bits per heavy atom. The lowest BCUT2D eigenvalue weighted by Crippen LogP contribution is -2.66. The summed E-state index contributed by atoms with van der Waals surface area (Å²) < 4.78 is 20.0. The molecule has 3 N–H and O–H groups in total. The highest BCUT2D eigenvalue weighted by Crippen LogP contribution is 2.54. The molecule has 3 rings (SSSR count). The van der Waals surface area contributed by atoms with E-state index >= 15 is 0 Å². The van der Waals surface area contributed by atoms with Gasteiger partial charge in [-0.05, 0) is 89.2 Å². The van der Waals surface area contributed by atoms with Crippen LogP contribution < -0.4 is 10.6 Å². The fraction of sp³-hybridized carbons (Fsp3) is 0.806. The molecule has 0 aromatic heterocycles. The Kier molecular flexibility index (Phi) is 9.20. The molecule has 0 saturated carbocycles. The molecule has 0 spiro atoms. The number of hydrogen-bond acceptors (Lipinski definition) is 4. The van der Waals surface area contributed by atoms with Gasteiger partial charge in [0.05, 0.1) is 12.3 Å². The summed E-state index contributed by atoms with van der Waals surface area (Å²) in [5.41, 5.74) is 1.98. The van der Waals surface area contributed by atoms with E-state index in [1.54, 1.807) is 0 Å². The van der Waals surface area contributed by atoms with Gasteiger partial charge in [0.25, 0.3) is 0 Å². The normalized spacial score (nSPS) is 42.4. The summed E-state index contributed by atoms with van der Waals surface area (Å²) in [7, 11) is -3.87. The standard InChI is InChI=1S/C31H55N2O3P/c1-11-28(7)19-26(22(5)30(9,13-3)32-28)25-18-16-15-17-24(25)21-37(34,35)36-27-20-29(8,12-2)33-31(10,14-4)23(27)6/h15-18,22-23,26-27,32-33H,11-14,19-21H2,1-10H3,(H,34,35). The van der Waals surface area contributed by atoms with Crippen molar-refractivity contribution in [3.63, 3.8) is 0 Å². The Morgan fingerprint density at radius 2 is 1.38 bits per heavy atom. The van der Waals surface area contributed by atoms with Crippen molar-refractivity contribution in [3.05, 3.63) is 35.4 Å². The van der Waals surface area contributed by atoms with Crippen LogP contribution in [0.2, 0.25) is 0 Å². The minimum absolute atomic E-state index is 0.0138. The van der Waals surface area contributed by atoms with Crippen LogP contribution in [0, 0.1) is 11.8 Å². The first-order valence-corrected chi connectivity index (χ1v) is 16.5. The molecule has 1 aromatic rings. The van der Waals surface area contributed by atoms with Gasteiger partial charge in [0.15, 0.2) is 0 Å². The SMILES string of the molecule is CCC1(C)CC(OP(=O)(O)Cc2ccccc2C2CC(C)(CC)NC(C)(CC)C2C)C(C)C(C)(CC)N1. The predicted molar refractivity (Wildman–Crippen MR) is 156 cm³/mol. The molecule has 0 amide bonds. The van der Waals surface area contributed by atoms with E-state index in [-0.39, 0.29) is 40.3 Å². The zero-order valence-corrected chi connectivity index (χ0v) is 26.2. The molecule has 1 aromatic carbocycles. The van der Waals surface area contributed by atoms with Crippen molar-refractivity contribution < 1.29 is 14.0 Å². The van der Waals surface area contributed by atoms with Gasteiger partial charge >= 0.3 is 7.60 Å². The average Bonchev–Trinajstić information content (AvgIpc) is 2.84. The molecule has 0 bridgehead atoms. The van der Waals surface area contributed by atoms with Crippen molar-refractivity contribution in [1.82, 2.24) is 10.6 Å². The molecule has 0 radical (unpaired) electrons. The summed E-state index contributed by atoms with van der Waals surface area (Å²) >= 11 is 0. The van der Waals surface area contributed by atoms with Crippen LogP contribution in [0.1, 0.15) is 125 Å². The first-order chi connectivity index (χ1) is 17.1. The Bertz CT molecular complexity index is 987. The first-order valence-electron chi connectivity index (χ1n) is 14.8. The van der Waals surface area contributed by atoms with Gasteiger partial charge in [-0.25, -0.2) is 0 Å². The van der Waals surface area contributed by atoms with Crippen molar-refractivity contribution in [2.45, 2.75) is 148 Å². The average molecular weight is 535 g/mol. The molecule has 6 heteroatoms. The first kappa shape index (κ1) is 30.8. The van der Waals surface area contributed by atoms with E-state index < -0.39 is 7.60 Å². The molecule has 2 saturated heterocycles. The minimum Gasteiger partial charge on any atom is -0.324 e. The number of hydrogen-bond donors (Lipinski definition) is 3. The van der Waals surface area contributed by atoms with Gasteiger partial charge in [-0.2, -0.15) is 0 Å². The lowest BCUT2D eigenvalue weighted by molar-refractivity contribution is -0.0183.